The van der Waals surface area contributed by atoms with E-state index in [1.54, 1.807) is 0 Å². The van der Waals surface area contributed by atoms with Crippen LogP contribution >= 0.6 is 0 Å². The van der Waals surface area contributed by atoms with E-state index in [0.717, 1.165) is 19.4 Å². The summed E-state index contributed by atoms with van der Waals surface area (Å²) in [5.74, 6) is 0.119. The van der Waals surface area contributed by atoms with Gasteiger partial charge in [0.2, 0.25) is 5.91 Å². The summed E-state index contributed by atoms with van der Waals surface area (Å²) in [5.41, 5.74) is 1.20. The number of carbonyl (C=O) groups is 1. The smallest absolute Gasteiger partial charge is 0.221 e. The third kappa shape index (κ3) is 3.80. The van der Waals surface area contributed by atoms with Gasteiger partial charge in [-0.05, 0) is 32.7 Å². The summed E-state index contributed by atoms with van der Waals surface area (Å²) in [6.45, 7) is 5.88. The number of nitrogens with zero attached hydrogens (tertiary/aromatic N) is 2. The van der Waals surface area contributed by atoms with Gasteiger partial charge in [0, 0.05) is 31.2 Å². The van der Waals surface area contributed by atoms with Crippen molar-refractivity contribution >= 4 is 5.91 Å². The minimum absolute atomic E-state index is 0.119. The van der Waals surface area contributed by atoms with Crippen LogP contribution in [0.4, 0.5) is 0 Å². The van der Waals surface area contributed by atoms with Crippen molar-refractivity contribution in [2.45, 2.75) is 58.2 Å². The summed E-state index contributed by atoms with van der Waals surface area (Å²) in [5, 5.41) is 6.46. The Bertz CT molecular complexity index is 409. The highest BCUT2D eigenvalue weighted by atomic mass is 16.1. The first-order valence-electron chi connectivity index (χ1n) is 7.23. The first-order chi connectivity index (χ1) is 9.20. The molecule has 1 aromatic rings. The molecule has 1 aliphatic heterocycles. The summed E-state index contributed by atoms with van der Waals surface area (Å²) >= 11 is 0. The van der Waals surface area contributed by atoms with E-state index in [9.17, 15) is 4.79 Å². The molecule has 1 aliphatic rings. The van der Waals surface area contributed by atoms with Crippen LogP contribution in [-0.4, -0.2) is 28.0 Å². The van der Waals surface area contributed by atoms with Crippen LogP contribution in [0, 0.1) is 0 Å². The Kier molecular flexibility index (Phi) is 4.96. The van der Waals surface area contributed by atoms with Gasteiger partial charge in [0.25, 0.3) is 0 Å². The second-order valence-corrected chi connectivity index (χ2v) is 5.29. The van der Waals surface area contributed by atoms with Crippen molar-refractivity contribution in [2.75, 3.05) is 6.54 Å². The molecule has 2 N–H and O–H groups in total. The second kappa shape index (κ2) is 6.70. The molecule has 1 aromatic heterocycles. The summed E-state index contributed by atoms with van der Waals surface area (Å²) in [6.07, 6.45) is 7.59. The van der Waals surface area contributed by atoms with E-state index in [1.807, 2.05) is 19.4 Å². The van der Waals surface area contributed by atoms with Gasteiger partial charge >= 0.3 is 0 Å². The number of aryl methyl sites for hydroxylation is 1. The summed E-state index contributed by atoms with van der Waals surface area (Å²) in [6, 6.07) is 0.659. The molecule has 0 bridgehead atoms. The third-order valence-corrected chi connectivity index (χ3v) is 3.76. The predicted molar refractivity (Wildman–Crippen MR) is 74.7 cm³/mol. The molecule has 2 rings (SSSR count). The molecule has 1 saturated heterocycles. The average Bonchev–Trinajstić information content (AvgIpc) is 3.06. The summed E-state index contributed by atoms with van der Waals surface area (Å²) < 4.78 is 2.10. The van der Waals surface area contributed by atoms with E-state index >= 15 is 0 Å². The Labute approximate surface area is 114 Å². The Morgan fingerprint density at radius 2 is 2.53 bits per heavy atom. The first kappa shape index (κ1) is 14.1. The molecule has 5 heteroatoms. The van der Waals surface area contributed by atoms with Crippen LogP contribution in [-0.2, 0) is 11.3 Å². The van der Waals surface area contributed by atoms with Crippen molar-refractivity contribution in [3.05, 3.63) is 18.2 Å². The number of hydrogen-bond acceptors (Lipinski definition) is 3. The van der Waals surface area contributed by atoms with Crippen LogP contribution in [0.5, 0.6) is 0 Å². The van der Waals surface area contributed by atoms with Gasteiger partial charge in [0.05, 0.1) is 12.0 Å². The van der Waals surface area contributed by atoms with Gasteiger partial charge in [0.15, 0.2) is 0 Å². The van der Waals surface area contributed by atoms with Crippen LogP contribution in [0.25, 0.3) is 0 Å². The quantitative estimate of drug-likeness (QED) is 0.820. The maximum absolute atomic E-state index is 11.8. The fraction of sp³-hybridized carbons (Fsp3) is 0.714. The van der Waals surface area contributed by atoms with Gasteiger partial charge in [-0.2, -0.15) is 0 Å². The van der Waals surface area contributed by atoms with Gasteiger partial charge in [-0.25, -0.2) is 4.98 Å². The van der Waals surface area contributed by atoms with Gasteiger partial charge in [-0.15, -0.1) is 0 Å². The standard InChI is InChI=1S/C14H24N4O/c1-3-11(2)17-14(19)6-8-18-10-15-9-13(18)12-5-4-7-16-12/h9-12,16H,3-8H2,1-2H3,(H,17,19). The first-order valence-corrected chi connectivity index (χ1v) is 7.23. The molecular weight excluding hydrogens is 240 g/mol. The van der Waals surface area contributed by atoms with E-state index in [2.05, 4.69) is 27.1 Å². The fourth-order valence-electron chi connectivity index (χ4n) is 2.42. The van der Waals surface area contributed by atoms with Crippen LogP contribution in [0.1, 0.15) is 51.3 Å². The van der Waals surface area contributed by atoms with Crippen LogP contribution in [0.15, 0.2) is 12.5 Å². The molecule has 2 unspecified atom stereocenters. The largest absolute Gasteiger partial charge is 0.354 e. The lowest BCUT2D eigenvalue weighted by Crippen LogP contribution is -2.32. The predicted octanol–water partition coefficient (Wildman–Crippen LogP) is 1.61. The molecule has 0 aromatic carbocycles. The van der Waals surface area contributed by atoms with Crippen molar-refractivity contribution in [2.24, 2.45) is 0 Å². The number of carbonyl (C=O) groups excluding carboxylic acids is 1. The summed E-state index contributed by atoms with van der Waals surface area (Å²) in [7, 11) is 0. The molecule has 1 amide bonds. The zero-order valence-corrected chi connectivity index (χ0v) is 11.9. The maximum atomic E-state index is 11.8. The molecule has 0 radical (unpaired) electrons. The van der Waals surface area contributed by atoms with Gasteiger partial charge in [-0.3, -0.25) is 4.79 Å². The van der Waals surface area contributed by atoms with Gasteiger partial charge < -0.3 is 15.2 Å². The molecular formula is C14H24N4O. The van der Waals surface area contributed by atoms with E-state index in [1.165, 1.54) is 12.1 Å². The Morgan fingerprint density at radius 3 is 3.21 bits per heavy atom. The van der Waals surface area contributed by atoms with E-state index < -0.39 is 0 Å². The highest BCUT2D eigenvalue weighted by Gasteiger charge is 2.19. The lowest BCUT2D eigenvalue weighted by atomic mass is 10.1. The normalized spacial score (nSPS) is 20.4. The molecule has 19 heavy (non-hydrogen) atoms. The average molecular weight is 264 g/mol. The number of aromatic nitrogens is 2. The molecule has 2 atom stereocenters. The van der Waals surface area contributed by atoms with E-state index in [4.69, 9.17) is 0 Å². The highest BCUT2D eigenvalue weighted by Crippen LogP contribution is 2.22. The Morgan fingerprint density at radius 1 is 1.68 bits per heavy atom. The lowest BCUT2D eigenvalue weighted by Gasteiger charge is -2.15. The highest BCUT2D eigenvalue weighted by molar-refractivity contribution is 5.76. The summed E-state index contributed by atoms with van der Waals surface area (Å²) in [4.78, 5) is 16.0. The molecule has 0 spiro atoms. The molecule has 5 nitrogen and oxygen atoms in total. The van der Waals surface area contributed by atoms with Crippen molar-refractivity contribution in [3.63, 3.8) is 0 Å². The molecule has 0 aliphatic carbocycles. The topological polar surface area (TPSA) is 59.0 Å². The van der Waals surface area contributed by atoms with E-state index in [0.29, 0.717) is 19.0 Å². The van der Waals surface area contributed by atoms with Crippen LogP contribution in [0.2, 0.25) is 0 Å². The van der Waals surface area contributed by atoms with Crippen molar-refractivity contribution in [3.8, 4) is 0 Å². The number of nitrogens with one attached hydrogen (secondary N) is 2. The van der Waals surface area contributed by atoms with Crippen molar-refractivity contribution in [1.29, 1.82) is 0 Å². The van der Waals surface area contributed by atoms with Crippen LogP contribution < -0.4 is 10.6 Å². The number of rotatable bonds is 6. The van der Waals surface area contributed by atoms with Gasteiger partial charge in [0.1, 0.15) is 0 Å². The second-order valence-electron chi connectivity index (χ2n) is 5.29. The van der Waals surface area contributed by atoms with Gasteiger partial charge in [-0.1, -0.05) is 6.92 Å². The minimum atomic E-state index is 0.119. The molecule has 0 saturated carbocycles. The maximum Gasteiger partial charge on any atom is 0.221 e. The van der Waals surface area contributed by atoms with Crippen molar-refractivity contribution in [1.82, 2.24) is 20.2 Å². The fourth-order valence-corrected chi connectivity index (χ4v) is 2.42. The number of amides is 1. The minimum Gasteiger partial charge on any atom is -0.354 e. The number of hydrogen-bond donors (Lipinski definition) is 2. The Hall–Kier alpha value is -1.36. The number of imidazole rings is 1. The molecule has 106 valence electrons. The monoisotopic (exact) mass is 264 g/mol. The van der Waals surface area contributed by atoms with Crippen molar-refractivity contribution < 1.29 is 4.79 Å². The van der Waals surface area contributed by atoms with E-state index in [-0.39, 0.29) is 11.9 Å². The molecule has 1 fully saturated rings. The third-order valence-electron chi connectivity index (χ3n) is 3.76. The Balaban J connectivity index is 1.86. The zero-order valence-electron chi connectivity index (χ0n) is 11.9. The molecule has 2 heterocycles. The lowest BCUT2D eigenvalue weighted by molar-refractivity contribution is -0.121. The SMILES string of the molecule is CCC(C)NC(=O)CCn1cncc1C1CCCN1. The zero-order chi connectivity index (χ0) is 13.7. The van der Waals surface area contributed by atoms with Crippen LogP contribution in [0.3, 0.4) is 0 Å².